The number of aromatic nitrogens is 1. The van der Waals surface area contributed by atoms with E-state index in [0.717, 1.165) is 51.0 Å². The molecule has 1 aromatic heterocycles. The van der Waals surface area contributed by atoms with E-state index < -0.39 is 23.7 Å². The first-order valence-corrected chi connectivity index (χ1v) is 13.1. The number of para-hydroxylation sites is 1. The molecule has 2 heterocycles. The van der Waals surface area contributed by atoms with Crippen molar-refractivity contribution in [2.75, 3.05) is 11.9 Å². The molecule has 6 rings (SSSR count). The second kappa shape index (κ2) is 9.96. The van der Waals surface area contributed by atoms with Crippen molar-refractivity contribution in [1.29, 1.82) is 0 Å². The van der Waals surface area contributed by atoms with Crippen LogP contribution in [0.3, 0.4) is 0 Å². The molecule has 0 saturated heterocycles. The second-order valence-corrected chi connectivity index (χ2v) is 10.3. The average Bonchev–Trinajstić information content (AvgIpc) is 3.39. The van der Waals surface area contributed by atoms with Crippen LogP contribution >= 0.6 is 0 Å². The number of amides is 2. The predicted molar refractivity (Wildman–Crippen MR) is 152 cm³/mol. The number of carbonyl (C=O) groups is 2. The van der Waals surface area contributed by atoms with Gasteiger partial charge in [0, 0.05) is 34.8 Å². The van der Waals surface area contributed by atoms with Crippen molar-refractivity contribution >= 4 is 28.4 Å². The van der Waals surface area contributed by atoms with Gasteiger partial charge in [-0.1, -0.05) is 72.3 Å². The normalized spacial score (nSPS) is 14.9. The van der Waals surface area contributed by atoms with Crippen LogP contribution < -0.4 is 5.32 Å². The molecule has 5 nitrogen and oxygen atoms in total. The number of aryl methyl sites for hydroxylation is 2. The first kappa shape index (κ1) is 26.4. The van der Waals surface area contributed by atoms with Gasteiger partial charge in [-0.2, -0.15) is 13.2 Å². The maximum Gasteiger partial charge on any atom is 0.416 e. The topological polar surface area (TPSA) is 54.3 Å². The van der Waals surface area contributed by atoms with Crippen molar-refractivity contribution in [3.8, 4) is 11.3 Å². The lowest BCUT2D eigenvalue weighted by molar-refractivity contribution is -0.137. The monoisotopic (exact) mass is 553 g/mol. The zero-order chi connectivity index (χ0) is 28.9. The third kappa shape index (κ3) is 4.65. The van der Waals surface area contributed by atoms with E-state index in [1.165, 1.54) is 17.0 Å². The quantitative estimate of drug-likeness (QED) is 0.247. The van der Waals surface area contributed by atoms with Gasteiger partial charge >= 0.3 is 6.18 Å². The summed E-state index contributed by atoms with van der Waals surface area (Å²) >= 11 is 0. The van der Waals surface area contributed by atoms with Crippen molar-refractivity contribution in [3.63, 3.8) is 0 Å². The minimum Gasteiger partial charge on any atom is -0.343 e. The van der Waals surface area contributed by atoms with E-state index in [1.807, 2.05) is 74.6 Å². The molecule has 0 bridgehead atoms. The fourth-order valence-electron chi connectivity index (χ4n) is 5.73. The van der Waals surface area contributed by atoms with Crippen LogP contribution in [0.25, 0.3) is 22.2 Å². The fourth-order valence-corrected chi connectivity index (χ4v) is 5.73. The highest BCUT2D eigenvalue weighted by Gasteiger charge is 2.41. The van der Waals surface area contributed by atoms with Crippen molar-refractivity contribution in [2.24, 2.45) is 7.05 Å². The third-order valence-electron chi connectivity index (χ3n) is 7.59. The number of hydrogen-bond donors (Lipinski definition) is 1. The Morgan fingerprint density at radius 1 is 0.902 bits per heavy atom. The molecule has 4 aromatic carbocycles. The van der Waals surface area contributed by atoms with Crippen LogP contribution in [0.2, 0.25) is 0 Å². The molecule has 8 heteroatoms. The van der Waals surface area contributed by atoms with Gasteiger partial charge in [-0.3, -0.25) is 9.59 Å². The van der Waals surface area contributed by atoms with Gasteiger partial charge in [0.05, 0.1) is 17.3 Å². The Balaban J connectivity index is 1.46. The second-order valence-electron chi connectivity index (χ2n) is 10.3. The lowest BCUT2D eigenvalue weighted by Crippen LogP contribution is -2.36. The number of nitrogens with zero attached hydrogens (tertiary/aromatic N) is 2. The van der Waals surface area contributed by atoms with E-state index in [-0.39, 0.29) is 18.1 Å². The van der Waals surface area contributed by atoms with E-state index in [9.17, 15) is 22.8 Å². The molecule has 1 atom stereocenters. The van der Waals surface area contributed by atoms with Crippen LogP contribution in [-0.2, 0) is 18.0 Å². The molecular weight excluding hydrogens is 527 g/mol. The van der Waals surface area contributed by atoms with Gasteiger partial charge in [-0.05, 0) is 48.4 Å². The molecule has 0 spiro atoms. The molecule has 0 aliphatic carbocycles. The van der Waals surface area contributed by atoms with E-state index in [2.05, 4.69) is 9.88 Å². The van der Waals surface area contributed by atoms with Crippen molar-refractivity contribution in [2.45, 2.75) is 19.1 Å². The largest absolute Gasteiger partial charge is 0.416 e. The standard InChI is InChI=1S/C33H26F3N3O2/c1-20-14-16-21(17-15-20)30-29(26-12-5-6-13-27(26)38(30)2)31-24-10-3-4-11-25(24)32(41)39(31)19-28(40)37-23-9-7-8-22(18-23)33(34,35)36/h3-18,31H,19H2,1-2H3,(H,37,40). The molecule has 2 amide bonds. The minimum absolute atomic E-state index is 0.0102. The van der Waals surface area contributed by atoms with Gasteiger partial charge in [0.25, 0.3) is 5.91 Å². The number of hydrogen-bond acceptors (Lipinski definition) is 2. The van der Waals surface area contributed by atoms with Crippen LogP contribution in [-0.4, -0.2) is 27.8 Å². The number of alkyl halides is 3. The highest BCUT2D eigenvalue weighted by atomic mass is 19.4. The molecule has 1 aliphatic rings. The Labute approximate surface area is 234 Å². The highest BCUT2D eigenvalue weighted by molar-refractivity contribution is 6.05. The lowest BCUT2D eigenvalue weighted by atomic mass is 9.93. The van der Waals surface area contributed by atoms with E-state index in [4.69, 9.17) is 0 Å². The zero-order valence-corrected chi connectivity index (χ0v) is 22.4. The van der Waals surface area contributed by atoms with Crippen LogP contribution in [0.4, 0.5) is 18.9 Å². The number of nitrogens with one attached hydrogen (secondary N) is 1. The summed E-state index contributed by atoms with van der Waals surface area (Å²) in [5.74, 6) is -0.903. The van der Waals surface area contributed by atoms with Gasteiger partial charge < -0.3 is 14.8 Å². The molecule has 0 radical (unpaired) electrons. The summed E-state index contributed by atoms with van der Waals surface area (Å²) in [7, 11) is 1.98. The number of fused-ring (bicyclic) bond motifs is 2. The molecule has 206 valence electrons. The SMILES string of the molecule is Cc1ccc(-c2c(C3c4ccccc4C(=O)N3CC(=O)Nc3cccc(C(F)(F)F)c3)c3ccccc3n2C)cc1. The number of rotatable bonds is 5. The lowest BCUT2D eigenvalue weighted by Gasteiger charge is -2.26. The maximum atomic E-state index is 13.8. The molecule has 5 aromatic rings. The summed E-state index contributed by atoms with van der Waals surface area (Å²) in [6.07, 6.45) is -4.54. The number of benzene rings is 4. The van der Waals surface area contributed by atoms with Gasteiger partial charge in [0.15, 0.2) is 0 Å². The van der Waals surface area contributed by atoms with Crippen LogP contribution in [0.1, 0.15) is 38.7 Å². The first-order chi connectivity index (χ1) is 19.6. The van der Waals surface area contributed by atoms with Gasteiger partial charge in [0.2, 0.25) is 5.91 Å². The van der Waals surface area contributed by atoms with Crippen molar-refractivity contribution in [3.05, 3.63) is 125 Å². The van der Waals surface area contributed by atoms with E-state index >= 15 is 0 Å². The summed E-state index contributed by atoms with van der Waals surface area (Å²) < 4.78 is 41.8. The fraction of sp³-hybridized carbons (Fsp3) is 0.152. The van der Waals surface area contributed by atoms with Crippen molar-refractivity contribution < 1.29 is 22.8 Å². The Kier molecular flexibility index (Phi) is 6.41. The van der Waals surface area contributed by atoms with E-state index in [1.54, 1.807) is 12.1 Å². The molecule has 1 N–H and O–H groups in total. The van der Waals surface area contributed by atoms with Gasteiger partial charge in [-0.15, -0.1) is 0 Å². The Morgan fingerprint density at radius 3 is 2.37 bits per heavy atom. The molecule has 0 saturated carbocycles. The Hall–Kier alpha value is -4.85. The Bertz CT molecular complexity index is 1810. The van der Waals surface area contributed by atoms with Crippen LogP contribution in [0, 0.1) is 6.92 Å². The first-order valence-electron chi connectivity index (χ1n) is 13.1. The minimum atomic E-state index is -4.54. The molecule has 1 unspecified atom stereocenters. The van der Waals surface area contributed by atoms with Crippen LogP contribution in [0.15, 0.2) is 97.1 Å². The average molecular weight is 554 g/mol. The highest BCUT2D eigenvalue weighted by Crippen LogP contribution is 2.46. The van der Waals surface area contributed by atoms with Crippen LogP contribution in [0.5, 0.6) is 0 Å². The summed E-state index contributed by atoms with van der Waals surface area (Å²) in [4.78, 5) is 28.6. The third-order valence-corrected chi connectivity index (χ3v) is 7.59. The smallest absolute Gasteiger partial charge is 0.343 e. The number of carbonyl (C=O) groups excluding carboxylic acids is 2. The summed E-state index contributed by atoms with van der Waals surface area (Å²) in [6.45, 7) is 1.67. The van der Waals surface area contributed by atoms with Crippen molar-refractivity contribution in [1.82, 2.24) is 9.47 Å². The maximum absolute atomic E-state index is 13.8. The number of halogens is 3. The van der Waals surface area contributed by atoms with E-state index in [0.29, 0.717) is 5.56 Å². The predicted octanol–water partition coefficient (Wildman–Crippen LogP) is 7.36. The summed E-state index contributed by atoms with van der Waals surface area (Å²) in [5.41, 5.74) is 5.27. The molecule has 41 heavy (non-hydrogen) atoms. The van der Waals surface area contributed by atoms with Gasteiger partial charge in [0.1, 0.15) is 6.54 Å². The molecular formula is C33H26F3N3O2. The Morgan fingerprint density at radius 2 is 1.61 bits per heavy atom. The number of anilines is 1. The summed E-state index contributed by atoms with van der Waals surface area (Å²) in [6, 6.07) is 27.2. The zero-order valence-electron chi connectivity index (χ0n) is 22.4. The summed E-state index contributed by atoms with van der Waals surface area (Å²) in [5, 5.41) is 3.51. The van der Waals surface area contributed by atoms with Gasteiger partial charge in [-0.25, -0.2) is 0 Å². The molecule has 0 fully saturated rings. The molecule has 1 aliphatic heterocycles.